The van der Waals surface area contributed by atoms with Gasteiger partial charge in [0.25, 0.3) is 5.56 Å². The van der Waals surface area contributed by atoms with Crippen LogP contribution in [0.1, 0.15) is 29.8 Å². The van der Waals surface area contributed by atoms with E-state index in [1.54, 1.807) is 12.3 Å². The number of rotatable bonds is 6. The van der Waals surface area contributed by atoms with E-state index in [0.29, 0.717) is 10.5 Å². The summed E-state index contributed by atoms with van der Waals surface area (Å²) in [4.78, 5) is 41.7. The average molecular weight is 385 g/mol. The standard InChI is InChI=1S/C19H19N3O4S/c1-3-12-5-7-13(8-6-12)21-15(23)9-22-11-20-17-16(18(22)24)14(10-27-17)19(25)26-4-2/h5-8,10-11H,3-4,9H2,1-2H3,(H,21,23). The summed E-state index contributed by atoms with van der Waals surface area (Å²) in [5.74, 6) is -0.920. The summed E-state index contributed by atoms with van der Waals surface area (Å²) < 4.78 is 6.17. The van der Waals surface area contributed by atoms with Crippen LogP contribution in [0.5, 0.6) is 0 Å². The quantitative estimate of drug-likeness (QED) is 0.659. The number of anilines is 1. The van der Waals surface area contributed by atoms with Crippen LogP contribution in [0.2, 0.25) is 0 Å². The molecule has 0 saturated carbocycles. The van der Waals surface area contributed by atoms with Crippen molar-refractivity contribution >= 4 is 39.1 Å². The highest BCUT2D eigenvalue weighted by Gasteiger charge is 2.19. The van der Waals surface area contributed by atoms with Gasteiger partial charge in [0.2, 0.25) is 5.91 Å². The fourth-order valence-corrected chi connectivity index (χ4v) is 3.48. The molecule has 0 atom stereocenters. The van der Waals surface area contributed by atoms with Crippen LogP contribution in [0.15, 0.2) is 40.8 Å². The molecule has 27 heavy (non-hydrogen) atoms. The minimum Gasteiger partial charge on any atom is -0.462 e. The summed E-state index contributed by atoms with van der Waals surface area (Å²) in [5, 5.41) is 4.49. The molecule has 0 spiro atoms. The van der Waals surface area contributed by atoms with Crippen LogP contribution >= 0.6 is 11.3 Å². The molecule has 0 aliphatic rings. The number of nitrogens with zero attached hydrogens (tertiary/aromatic N) is 2. The van der Waals surface area contributed by atoms with Crippen molar-refractivity contribution in [2.45, 2.75) is 26.8 Å². The van der Waals surface area contributed by atoms with Gasteiger partial charge >= 0.3 is 5.97 Å². The molecule has 0 unspecified atom stereocenters. The van der Waals surface area contributed by atoms with E-state index in [1.807, 2.05) is 24.3 Å². The molecule has 0 fully saturated rings. The third-order valence-corrected chi connectivity index (χ3v) is 4.90. The Morgan fingerprint density at radius 3 is 2.63 bits per heavy atom. The molecule has 0 aliphatic carbocycles. The summed E-state index contributed by atoms with van der Waals surface area (Å²) in [6, 6.07) is 7.51. The number of hydrogen-bond donors (Lipinski definition) is 1. The van der Waals surface area contributed by atoms with Crippen molar-refractivity contribution in [1.82, 2.24) is 9.55 Å². The molecule has 0 bridgehead atoms. The molecule has 1 N–H and O–H groups in total. The van der Waals surface area contributed by atoms with Gasteiger partial charge in [-0.05, 0) is 31.0 Å². The van der Waals surface area contributed by atoms with Gasteiger partial charge in [-0.25, -0.2) is 9.78 Å². The van der Waals surface area contributed by atoms with E-state index in [4.69, 9.17) is 4.74 Å². The van der Waals surface area contributed by atoms with E-state index in [1.165, 1.54) is 27.8 Å². The Balaban J connectivity index is 1.82. The van der Waals surface area contributed by atoms with Crippen LogP contribution in [0.25, 0.3) is 10.2 Å². The van der Waals surface area contributed by atoms with Crippen molar-refractivity contribution in [1.29, 1.82) is 0 Å². The smallest absolute Gasteiger partial charge is 0.339 e. The second-order valence-electron chi connectivity index (χ2n) is 5.83. The van der Waals surface area contributed by atoms with E-state index in [2.05, 4.69) is 17.2 Å². The number of amides is 1. The van der Waals surface area contributed by atoms with Crippen LogP contribution in [0, 0.1) is 0 Å². The average Bonchev–Trinajstić information content (AvgIpc) is 3.10. The van der Waals surface area contributed by atoms with E-state index in [-0.39, 0.29) is 30.0 Å². The number of thiophene rings is 1. The van der Waals surface area contributed by atoms with Gasteiger partial charge in [-0.2, -0.15) is 0 Å². The number of nitrogens with one attached hydrogen (secondary N) is 1. The summed E-state index contributed by atoms with van der Waals surface area (Å²) in [5.41, 5.74) is 1.56. The van der Waals surface area contributed by atoms with Crippen LogP contribution < -0.4 is 10.9 Å². The Morgan fingerprint density at radius 1 is 1.22 bits per heavy atom. The number of fused-ring (bicyclic) bond motifs is 1. The first-order valence-electron chi connectivity index (χ1n) is 8.56. The first-order chi connectivity index (χ1) is 13.0. The van der Waals surface area contributed by atoms with Gasteiger partial charge in [-0.1, -0.05) is 19.1 Å². The van der Waals surface area contributed by atoms with Crippen molar-refractivity contribution in [3.8, 4) is 0 Å². The number of benzene rings is 1. The van der Waals surface area contributed by atoms with Crippen LogP contribution in [-0.4, -0.2) is 28.0 Å². The Bertz CT molecular complexity index is 1040. The van der Waals surface area contributed by atoms with Gasteiger partial charge < -0.3 is 10.1 Å². The first-order valence-corrected chi connectivity index (χ1v) is 9.44. The van der Waals surface area contributed by atoms with Gasteiger partial charge in [0.1, 0.15) is 11.4 Å². The lowest BCUT2D eigenvalue weighted by atomic mass is 10.1. The zero-order valence-corrected chi connectivity index (χ0v) is 15.8. The Labute approximate surface area is 159 Å². The van der Waals surface area contributed by atoms with Crippen LogP contribution in [-0.2, 0) is 22.5 Å². The summed E-state index contributed by atoms with van der Waals surface area (Å²) in [7, 11) is 0. The lowest BCUT2D eigenvalue weighted by molar-refractivity contribution is -0.116. The Morgan fingerprint density at radius 2 is 1.96 bits per heavy atom. The number of carbonyl (C=O) groups is 2. The van der Waals surface area contributed by atoms with Gasteiger partial charge in [-0.3, -0.25) is 14.2 Å². The minimum atomic E-state index is -0.569. The normalized spacial score (nSPS) is 10.7. The monoisotopic (exact) mass is 385 g/mol. The predicted octanol–water partition coefficient (Wildman–Crippen LogP) is 2.84. The number of aryl methyl sites for hydroxylation is 1. The molecule has 3 aromatic rings. The van der Waals surface area contributed by atoms with Crippen molar-refractivity contribution in [2.75, 3.05) is 11.9 Å². The number of carbonyl (C=O) groups excluding carboxylic acids is 2. The Hall–Kier alpha value is -3.00. The van der Waals surface area contributed by atoms with Crippen molar-refractivity contribution < 1.29 is 14.3 Å². The van der Waals surface area contributed by atoms with Crippen LogP contribution in [0.4, 0.5) is 5.69 Å². The van der Waals surface area contributed by atoms with Gasteiger partial charge in [0, 0.05) is 11.1 Å². The highest BCUT2D eigenvalue weighted by molar-refractivity contribution is 7.17. The van der Waals surface area contributed by atoms with E-state index in [0.717, 1.165) is 6.42 Å². The summed E-state index contributed by atoms with van der Waals surface area (Å²) >= 11 is 1.19. The van der Waals surface area contributed by atoms with E-state index >= 15 is 0 Å². The number of esters is 1. The molecule has 3 rings (SSSR count). The third-order valence-electron chi connectivity index (χ3n) is 4.02. The lowest BCUT2D eigenvalue weighted by Crippen LogP contribution is -2.28. The van der Waals surface area contributed by atoms with Crippen LogP contribution in [0.3, 0.4) is 0 Å². The molecular formula is C19H19N3O4S. The maximum Gasteiger partial charge on any atom is 0.339 e. The zero-order valence-electron chi connectivity index (χ0n) is 15.0. The SMILES string of the molecule is CCOC(=O)c1csc2ncn(CC(=O)Nc3ccc(CC)cc3)c(=O)c12. The fraction of sp³-hybridized carbons (Fsp3) is 0.263. The summed E-state index contributed by atoms with van der Waals surface area (Å²) in [6.07, 6.45) is 2.23. The second-order valence-corrected chi connectivity index (χ2v) is 6.68. The zero-order chi connectivity index (χ0) is 19.4. The summed E-state index contributed by atoms with van der Waals surface area (Å²) in [6.45, 7) is 3.76. The molecule has 1 amide bonds. The molecule has 2 heterocycles. The molecule has 0 radical (unpaired) electrons. The highest BCUT2D eigenvalue weighted by Crippen LogP contribution is 2.21. The Kier molecular flexibility index (Phi) is 5.66. The maximum absolute atomic E-state index is 12.7. The topological polar surface area (TPSA) is 90.3 Å². The molecule has 0 saturated heterocycles. The van der Waals surface area contributed by atoms with Gasteiger partial charge in [0.15, 0.2) is 0 Å². The number of aromatic nitrogens is 2. The second kappa shape index (κ2) is 8.13. The van der Waals surface area contributed by atoms with Crippen molar-refractivity contribution in [2.24, 2.45) is 0 Å². The molecule has 0 aliphatic heterocycles. The molecule has 2 aromatic heterocycles. The van der Waals surface area contributed by atoms with Crippen molar-refractivity contribution in [3.05, 3.63) is 57.5 Å². The minimum absolute atomic E-state index is 0.180. The molecular weight excluding hydrogens is 366 g/mol. The van der Waals surface area contributed by atoms with E-state index < -0.39 is 11.5 Å². The molecule has 8 heteroatoms. The first kappa shape index (κ1) is 18.8. The molecule has 1 aromatic carbocycles. The molecule has 7 nitrogen and oxygen atoms in total. The van der Waals surface area contributed by atoms with Crippen molar-refractivity contribution in [3.63, 3.8) is 0 Å². The molecule has 140 valence electrons. The third kappa shape index (κ3) is 4.06. The number of hydrogen-bond acceptors (Lipinski definition) is 6. The lowest BCUT2D eigenvalue weighted by Gasteiger charge is -2.08. The maximum atomic E-state index is 12.7. The predicted molar refractivity (Wildman–Crippen MR) is 104 cm³/mol. The largest absolute Gasteiger partial charge is 0.462 e. The number of ether oxygens (including phenoxy) is 1. The fourth-order valence-electron chi connectivity index (χ4n) is 2.62. The van der Waals surface area contributed by atoms with Gasteiger partial charge in [-0.15, -0.1) is 11.3 Å². The van der Waals surface area contributed by atoms with E-state index in [9.17, 15) is 14.4 Å². The van der Waals surface area contributed by atoms with Gasteiger partial charge in [0.05, 0.1) is 23.9 Å². The highest BCUT2D eigenvalue weighted by atomic mass is 32.1.